The minimum absolute atomic E-state index is 0.00121. The van der Waals surface area contributed by atoms with E-state index in [-0.39, 0.29) is 234 Å². The van der Waals surface area contributed by atoms with Crippen LogP contribution in [0.1, 0.15) is 204 Å². The maximum absolute atomic E-state index is 15.4. The number of aliphatic hydroxyl groups is 8. The van der Waals surface area contributed by atoms with Gasteiger partial charge in [-0.15, -0.1) is 20.4 Å². The van der Waals surface area contributed by atoms with Gasteiger partial charge < -0.3 is 99.7 Å². The largest absolute Gasteiger partial charge is 0.394 e. The molecule has 147 heavy (non-hydrogen) atoms. The van der Waals surface area contributed by atoms with Gasteiger partial charge >= 0.3 is 22.8 Å². The zero-order chi connectivity index (χ0) is 106. The zero-order valence-electron chi connectivity index (χ0n) is 82.6. The number of rotatable bonds is 53. The van der Waals surface area contributed by atoms with Gasteiger partial charge in [-0.1, -0.05) is 34.7 Å². The number of hydrogen-bond acceptors (Lipinski definition) is 37. The lowest BCUT2D eigenvalue weighted by atomic mass is 9.97. The van der Waals surface area contributed by atoms with Crippen molar-refractivity contribution in [2.24, 2.45) is 0 Å². The van der Waals surface area contributed by atoms with E-state index in [9.17, 15) is 98.4 Å². The molecule has 0 aliphatic carbocycles. The molecule has 0 radical (unpaired) electrons. The van der Waals surface area contributed by atoms with Gasteiger partial charge in [0, 0.05) is 226 Å². The van der Waals surface area contributed by atoms with E-state index in [4.69, 9.17) is 23.7 Å². The lowest BCUT2D eigenvalue weighted by Crippen LogP contribution is -2.64. The minimum atomic E-state index is -1.73. The molecular weight excluding hydrogens is 1950 g/mol. The average molecular weight is 2080 g/mol. The van der Waals surface area contributed by atoms with Gasteiger partial charge in [0.1, 0.15) is 73.7 Å². The monoisotopic (exact) mass is 2080 g/mol. The summed E-state index contributed by atoms with van der Waals surface area (Å²) >= 11 is 1.32. The molecule has 5 fully saturated rings. The summed E-state index contributed by atoms with van der Waals surface area (Å²) < 4.78 is 40.5. The van der Waals surface area contributed by atoms with Crippen molar-refractivity contribution in [3.63, 3.8) is 0 Å². The van der Waals surface area contributed by atoms with Gasteiger partial charge in [0.25, 0.3) is 22.2 Å². The van der Waals surface area contributed by atoms with Crippen molar-refractivity contribution in [1.82, 2.24) is 133 Å². The van der Waals surface area contributed by atoms with E-state index < -0.39 is 212 Å². The Bertz CT molecular complexity index is 6340. The molecule has 0 saturated carbocycles. The smallest absolute Gasteiger partial charge is 0.330 e. The number of aliphatic hydroxyl groups excluding tert-OH is 8. The molecule has 56 heteroatoms. The van der Waals surface area contributed by atoms with Crippen LogP contribution in [-0.4, -0.2) is 376 Å². The van der Waals surface area contributed by atoms with Gasteiger partial charge in [0.05, 0.1) is 80.0 Å². The van der Waals surface area contributed by atoms with Crippen LogP contribution in [0.15, 0.2) is 87.9 Å². The first-order valence-electron chi connectivity index (χ1n) is 49.4. The van der Waals surface area contributed by atoms with Crippen LogP contribution >= 0.6 is 11.8 Å². The van der Waals surface area contributed by atoms with Crippen molar-refractivity contribution in [2.45, 2.75) is 268 Å². The van der Waals surface area contributed by atoms with Crippen molar-refractivity contribution in [3.8, 4) is 0 Å². The molecule has 15 unspecified atom stereocenters. The van der Waals surface area contributed by atoms with E-state index in [2.05, 4.69) is 71.8 Å². The lowest BCUT2D eigenvalue weighted by Gasteiger charge is -2.40. The number of carbonyl (C=O) groups excluding carboxylic acids is 7. The molecule has 5 aliphatic rings. The molecule has 7 amide bonds. The zero-order valence-corrected chi connectivity index (χ0v) is 83.5. The molecule has 8 aromatic rings. The number of carbonyl (C=O) groups is 7. The molecule has 13 rings (SSSR count). The number of ether oxygens (including phenoxy) is 5. The Morgan fingerprint density at radius 3 is 0.966 bits per heavy atom. The third-order valence-electron chi connectivity index (χ3n) is 27.1. The van der Waals surface area contributed by atoms with E-state index in [0.29, 0.717) is 28.5 Å². The topological polar surface area (TPSA) is 710 Å². The maximum Gasteiger partial charge on any atom is 0.330 e. The highest BCUT2D eigenvalue weighted by Gasteiger charge is 2.47. The molecule has 5 aliphatic heterocycles. The Balaban J connectivity index is 0.736. The fourth-order valence-electron chi connectivity index (χ4n) is 18.6. The van der Waals surface area contributed by atoms with Crippen LogP contribution in [-0.2, 0) is 82.9 Å². The summed E-state index contributed by atoms with van der Waals surface area (Å²) in [5.41, 5.74) is -2.25. The quantitative estimate of drug-likeness (QED) is 0.0158. The second-order valence-corrected chi connectivity index (χ2v) is 38.4. The minimum Gasteiger partial charge on any atom is -0.394 e. The Kier molecular flexibility index (Phi) is 39.7. The first kappa shape index (κ1) is 112. The van der Waals surface area contributed by atoms with E-state index in [1.807, 2.05) is 0 Å². The summed E-state index contributed by atoms with van der Waals surface area (Å²) in [5, 5.41) is 123. The maximum atomic E-state index is 15.4. The van der Waals surface area contributed by atoms with E-state index in [0.717, 1.165) is 0 Å². The number of hydrogen-bond donors (Lipinski definition) is 14. The van der Waals surface area contributed by atoms with E-state index in [1.165, 1.54) is 114 Å². The molecule has 0 aromatic carbocycles. The number of aromatic nitrogens is 20. The Labute approximate surface area is 842 Å². The second-order valence-electron chi connectivity index (χ2n) is 37.2. The van der Waals surface area contributed by atoms with E-state index >= 15 is 14.4 Å². The summed E-state index contributed by atoms with van der Waals surface area (Å²) in [4.78, 5) is 218. The standard InChI is InChI=1S/C91H131N27O28S/c1-7-71(126)107(26-31-110(72(127)8-2)32-34-147-33-21-70(125)93-80-82(132)81(131)68(51-123)146-87(80)137)25-28-109(75(130)20-12-16-59-46-118(105-101-59)63-38-79(145-67(63)50-122)114-42-55(6)86(136)97-91(114)141)30-29-108(74(129)19-11-15-58-45-117(104-100-58)62-37-78(144-66(62)49-121)113-41-54(5)85(135)96-90(113)140)27-24-106(73(128)18-10-14-57-44-116(103-99-57)61-36-77(143-65(61)48-120)112-40-53(4)84(134)95-89(112)139)23-22-92-69(124)17-9-13-56-43-115(102-98-56)60-35-76(142-64(60)47-119)111-39-52(3)83(133)94-88(111)138/h39-46,60-68,76-82,87,119-123,131-132,137H,7-38,47-51H2,1-6H3,(H,92,124)(H,93,125)(H,94,133,138)(H,95,134,139)(H,96,135,140)(H,97,136,141)/t60?,61?,62?,63?,64?,65?,66?,67?,68?,76?,77?,78?,79?,80?,81-,82+,87?/m1/s1. The lowest BCUT2D eigenvalue weighted by molar-refractivity contribution is -0.253. The highest BCUT2D eigenvalue weighted by atomic mass is 32.2. The van der Waals surface area contributed by atoms with Crippen molar-refractivity contribution in [1.29, 1.82) is 0 Å². The molecular formula is C91H131N27O28S. The van der Waals surface area contributed by atoms with Crippen LogP contribution in [0, 0.1) is 27.7 Å². The molecule has 8 aromatic heterocycles. The summed E-state index contributed by atoms with van der Waals surface area (Å²) in [6.07, 6.45) is 0.689. The second kappa shape index (κ2) is 52.3. The number of aryl methyl sites for hydroxylation is 8. The number of thioether (sulfide) groups is 1. The molecule has 5 saturated heterocycles. The van der Waals surface area contributed by atoms with Crippen LogP contribution in [0.4, 0.5) is 0 Å². The molecule has 0 bridgehead atoms. The number of amides is 7. The van der Waals surface area contributed by atoms with Gasteiger partial charge in [-0.2, -0.15) is 11.8 Å². The number of nitrogens with one attached hydrogen (secondary N) is 6. The van der Waals surface area contributed by atoms with Crippen molar-refractivity contribution >= 4 is 53.1 Å². The highest BCUT2D eigenvalue weighted by Crippen LogP contribution is 2.40. The van der Waals surface area contributed by atoms with Crippen LogP contribution in [0.25, 0.3) is 0 Å². The van der Waals surface area contributed by atoms with Gasteiger partial charge in [-0.3, -0.25) is 90.9 Å². The van der Waals surface area contributed by atoms with Crippen LogP contribution < -0.4 is 55.6 Å². The molecule has 14 N–H and O–H groups in total. The van der Waals surface area contributed by atoms with Crippen LogP contribution in [0.3, 0.4) is 0 Å². The van der Waals surface area contributed by atoms with Gasteiger partial charge in [0.15, 0.2) is 6.29 Å². The Hall–Kier alpha value is -12.6. The Morgan fingerprint density at radius 1 is 0.367 bits per heavy atom. The fourth-order valence-corrected chi connectivity index (χ4v) is 19.5. The van der Waals surface area contributed by atoms with Crippen molar-refractivity contribution < 1.29 is 98.1 Å². The molecule has 804 valence electrons. The Morgan fingerprint density at radius 2 is 0.660 bits per heavy atom. The molecule has 13 heterocycles. The predicted molar refractivity (Wildman–Crippen MR) is 515 cm³/mol. The number of aromatic amines is 4. The van der Waals surface area contributed by atoms with Crippen LogP contribution in [0.5, 0.6) is 0 Å². The number of nitrogens with zero attached hydrogens (tertiary/aromatic N) is 21. The van der Waals surface area contributed by atoms with Gasteiger partial charge in [-0.05, 0) is 79.1 Å². The fraction of sp³-hybridized carbons (Fsp3) is 0.659. The number of H-pyrrole nitrogens is 4. The van der Waals surface area contributed by atoms with E-state index in [1.54, 1.807) is 50.5 Å². The van der Waals surface area contributed by atoms with Crippen molar-refractivity contribution in [2.75, 3.05) is 117 Å². The average Bonchev–Trinajstić information content (AvgIpc) is 1.70. The third kappa shape index (κ3) is 28.7. The first-order chi connectivity index (χ1) is 70.6. The molecule has 0 spiro atoms. The summed E-state index contributed by atoms with van der Waals surface area (Å²) in [7, 11) is 0. The third-order valence-corrected chi connectivity index (χ3v) is 28.1. The van der Waals surface area contributed by atoms with Gasteiger partial charge in [-0.25, -0.2) is 37.9 Å². The van der Waals surface area contributed by atoms with Gasteiger partial charge in [0.2, 0.25) is 41.4 Å². The summed E-state index contributed by atoms with van der Waals surface area (Å²) in [5.74, 6) is -2.28. The SMILES string of the molecule is CCC(=O)N(CCSCCC(=O)NC1C(O)OC(CO)[C@@H](O)[C@H]1O)CCN(CCN(CCN(CCN(CCNC(=O)CCCc1cn(C2CC(n3cc(C)c(=O)[nH]c3=O)OC2CO)nn1)C(=O)CCCc1cn(C2CC(n3cc(C)c(=O)[nH]c3=O)OC2CO)nn1)C(=O)CCCc1cn(C2CC(n3cc(C)c(=O)[nH]c3=O)OC2CO)nn1)C(=O)CCCc1cn(C2CC(n3cc(C)c(=O)[nH]c3=O)OC2CO)nn1)C(=O)CC. The van der Waals surface area contributed by atoms with Crippen molar-refractivity contribution in [3.05, 3.63) is 178 Å². The predicted octanol–water partition coefficient (Wildman–Crippen LogP) is -5.72. The van der Waals surface area contributed by atoms with Crippen LogP contribution in [0.2, 0.25) is 0 Å². The summed E-state index contributed by atoms with van der Waals surface area (Å²) in [6, 6.07) is -3.87. The molecule has 17 atom stereocenters. The highest BCUT2D eigenvalue weighted by molar-refractivity contribution is 7.99. The molecule has 55 nitrogen and oxygen atoms in total. The normalized spacial score (nSPS) is 22.8. The first-order valence-corrected chi connectivity index (χ1v) is 50.5. The summed E-state index contributed by atoms with van der Waals surface area (Å²) in [6.45, 7) is 6.14.